The van der Waals surface area contributed by atoms with Crippen molar-refractivity contribution < 1.29 is 15.3 Å². The van der Waals surface area contributed by atoms with E-state index in [4.69, 9.17) is 0 Å². The molecule has 0 saturated carbocycles. The first-order valence-electron chi connectivity index (χ1n) is 6.83. The van der Waals surface area contributed by atoms with Gasteiger partial charge in [-0.05, 0) is 24.3 Å². The second-order valence-corrected chi connectivity index (χ2v) is 4.74. The van der Waals surface area contributed by atoms with Gasteiger partial charge >= 0.3 is 0 Å². The molecule has 3 aromatic rings. The molecule has 2 aromatic carbocycles. The number of phenols is 2. The molecule has 6 nitrogen and oxygen atoms in total. The molecule has 1 heterocycles. The van der Waals surface area contributed by atoms with E-state index in [9.17, 15) is 15.3 Å². The lowest BCUT2D eigenvalue weighted by Crippen LogP contribution is -2.06. The molecular formula is C16H15N3O3. The third kappa shape index (κ3) is 2.51. The lowest BCUT2D eigenvalue weighted by Gasteiger charge is -2.05. The van der Waals surface area contributed by atoms with Crippen LogP contribution >= 0.6 is 0 Å². The number of aromatic nitrogens is 3. The Morgan fingerprint density at radius 1 is 0.864 bits per heavy atom. The summed E-state index contributed by atoms with van der Waals surface area (Å²) in [6.07, 6.45) is 0. The Morgan fingerprint density at radius 3 is 2.05 bits per heavy atom. The minimum atomic E-state index is -0.107. The van der Waals surface area contributed by atoms with Gasteiger partial charge in [-0.2, -0.15) is 5.10 Å². The molecule has 1 aromatic heterocycles. The van der Waals surface area contributed by atoms with Gasteiger partial charge in [-0.15, -0.1) is 0 Å². The number of benzene rings is 2. The number of aliphatic hydroxyl groups excluding tert-OH is 1. The van der Waals surface area contributed by atoms with Gasteiger partial charge in [0.2, 0.25) is 0 Å². The number of hydrogen-bond acceptors (Lipinski definition) is 5. The van der Waals surface area contributed by atoms with E-state index in [2.05, 4.69) is 10.1 Å². The summed E-state index contributed by atoms with van der Waals surface area (Å²) in [7, 11) is 0. The Hall–Kier alpha value is -2.86. The van der Waals surface area contributed by atoms with Crippen LogP contribution in [0.15, 0.2) is 48.5 Å². The zero-order valence-electron chi connectivity index (χ0n) is 11.7. The molecule has 0 aliphatic heterocycles. The average Bonchev–Trinajstić information content (AvgIpc) is 2.92. The van der Waals surface area contributed by atoms with Crippen LogP contribution < -0.4 is 0 Å². The maximum Gasteiger partial charge on any atom is 0.185 e. The topological polar surface area (TPSA) is 91.4 Å². The van der Waals surface area contributed by atoms with Crippen molar-refractivity contribution in [1.82, 2.24) is 14.8 Å². The van der Waals surface area contributed by atoms with Crippen molar-refractivity contribution in [2.75, 3.05) is 6.61 Å². The van der Waals surface area contributed by atoms with Crippen LogP contribution in [0.2, 0.25) is 0 Å². The molecule has 22 heavy (non-hydrogen) atoms. The van der Waals surface area contributed by atoms with Crippen LogP contribution in [0.5, 0.6) is 11.5 Å². The van der Waals surface area contributed by atoms with E-state index in [1.54, 1.807) is 48.5 Å². The van der Waals surface area contributed by atoms with Crippen molar-refractivity contribution in [3.8, 4) is 34.3 Å². The van der Waals surface area contributed by atoms with Gasteiger partial charge in [-0.3, -0.25) is 0 Å². The molecule has 0 aliphatic carbocycles. The minimum absolute atomic E-state index is 0.0764. The molecular weight excluding hydrogens is 282 g/mol. The summed E-state index contributed by atoms with van der Waals surface area (Å²) in [4.78, 5) is 4.41. The fourth-order valence-corrected chi connectivity index (χ4v) is 2.23. The van der Waals surface area contributed by atoms with Crippen LogP contribution in [-0.4, -0.2) is 36.7 Å². The fraction of sp³-hybridized carbons (Fsp3) is 0.125. The molecule has 3 N–H and O–H groups in total. The summed E-state index contributed by atoms with van der Waals surface area (Å²) in [6.45, 7) is 0.133. The van der Waals surface area contributed by atoms with E-state index in [1.165, 1.54) is 4.68 Å². The van der Waals surface area contributed by atoms with Gasteiger partial charge < -0.3 is 15.3 Å². The molecule has 0 unspecified atom stereocenters. The van der Waals surface area contributed by atoms with Gasteiger partial charge in [-0.1, -0.05) is 24.3 Å². The SMILES string of the molecule is OCCn1nc(-c2ccccc2O)nc1-c1ccccc1O. The van der Waals surface area contributed by atoms with Crippen molar-refractivity contribution >= 4 is 0 Å². The zero-order chi connectivity index (χ0) is 15.5. The van der Waals surface area contributed by atoms with Crippen molar-refractivity contribution in [3.63, 3.8) is 0 Å². The Bertz CT molecular complexity index is 799. The normalized spacial score (nSPS) is 10.8. The zero-order valence-corrected chi connectivity index (χ0v) is 11.7. The lowest BCUT2D eigenvalue weighted by atomic mass is 10.2. The fourth-order valence-electron chi connectivity index (χ4n) is 2.23. The average molecular weight is 297 g/mol. The van der Waals surface area contributed by atoms with Gasteiger partial charge in [0.15, 0.2) is 11.6 Å². The van der Waals surface area contributed by atoms with Gasteiger partial charge in [-0.25, -0.2) is 9.67 Å². The second-order valence-electron chi connectivity index (χ2n) is 4.74. The number of nitrogens with zero attached hydrogens (tertiary/aromatic N) is 3. The largest absolute Gasteiger partial charge is 0.507 e. The Balaban J connectivity index is 2.15. The van der Waals surface area contributed by atoms with Crippen molar-refractivity contribution in [1.29, 1.82) is 0 Å². The van der Waals surface area contributed by atoms with Crippen LogP contribution in [0.3, 0.4) is 0 Å². The molecule has 0 spiro atoms. The summed E-state index contributed by atoms with van der Waals surface area (Å²) in [6, 6.07) is 13.6. The number of aromatic hydroxyl groups is 2. The second kappa shape index (κ2) is 5.87. The van der Waals surface area contributed by atoms with Crippen LogP contribution in [-0.2, 0) is 6.54 Å². The van der Waals surface area contributed by atoms with Gasteiger partial charge in [0, 0.05) is 0 Å². The number of hydrogen-bond donors (Lipinski definition) is 3. The summed E-state index contributed by atoms with van der Waals surface area (Å²) < 4.78 is 1.51. The molecule has 0 saturated heterocycles. The van der Waals surface area contributed by atoms with Gasteiger partial charge in [0.05, 0.1) is 24.3 Å². The molecule has 0 bridgehead atoms. The molecule has 0 amide bonds. The van der Waals surface area contributed by atoms with Gasteiger partial charge in [0.1, 0.15) is 11.5 Å². The van der Waals surface area contributed by atoms with Crippen molar-refractivity contribution in [2.45, 2.75) is 6.54 Å². The smallest absolute Gasteiger partial charge is 0.185 e. The highest BCUT2D eigenvalue weighted by Crippen LogP contribution is 2.31. The van der Waals surface area contributed by atoms with E-state index >= 15 is 0 Å². The molecule has 6 heteroatoms. The van der Waals surface area contributed by atoms with E-state index < -0.39 is 0 Å². The van der Waals surface area contributed by atoms with Crippen molar-refractivity contribution in [2.24, 2.45) is 0 Å². The van der Waals surface area contributed by atoms with E-state index in [-0.39, 0.29) is 24.7 Å². The van der Waals surface area contributed by atoms with Crippen LogP contribution in [0.4, 0.5) is 0 Å². The Kier molecular flexibility index (Phi) is 3.76. The quantitative estimate of drug-likeness (QED) is 0.685. The first-order valence-corrected chi connectivity index (χ1v) is 6.83. The maximum atomic E-state index is 10.00. The minimum Gasteiger partial charge on any atom is -0.507 e. The van der Waals surface area contributed by atoms with E-state index in [0.717, 1.165) is 0 Å². The first kappa shape index (κ1) is 14.1. The van der Waals surface area contributed by atoms with Gasteiger partial charge in [0.25, 0.3) is 0 Å². The number of aliphatic hydroxyl groups is 1. The predicted molar refractivity (Wildman–Crippen MR) is 81.3 cm³/mol. The third-order valence-corrected chi connectivity index (χ3v) is 3.27. The van der Waals surface area contributed by atoms with E-state index in [1.807, 2.05) is 0 Å². The highest BCUT2D eigenvalue weighted by atomic mass is 16.3. The number of rotatable bonds is 4. The lowest BCUT2D eigenvalue weighted by molar-refractivity contribution is 0.270. The van der Waals surface area contributed by atoms with Crippen LogP contribution in [0, 0.1) is 0 Å². The van der Waals surface area contributed by atoms with Crippen molar-refractivity contribution in [3.05, 3.63) is 48.5 Å². The molecule has 0 atom stereocenters. The predicted octanol–water partition coefficient (Wildman–Crippen LogP) is 2.02. The number of para-hydroxylation sites is 2. The molecule has 0 fully saturated rings. The maximum absolute atomic E-state index is 10.00. The summed E-state index contributed by atoms with van der Waals surface area (Å²) in [5.74, 6) is 0.931. The molecule has 112 valence electrons. The summed E-state index contributed by atoms with van der Waals surface area (Å²) in [5.41, 5.74) is 1.01. The standard InChI is InChI=1S/C16H15N3O3/c20-10-9-19-16(12-6-2-4-8-14(12)22)17-15(18-19)11-5-1-3-7-13(11)21/h1-8,20-22H,9-10H2. The molecule has 0 radical (unpaired) electrons. The summed E-state index contributed by atoms with van der Waals surface area (Å²) >= 11 is 0. The highest BCUT2D eigenvalue weighted by molar-refractivity contribution is 5.69. The first-order chi connectivity index (χ1) is 10.7. The van der Waals surface area contributed by atoms with Crippen LogP contribution in [0.1, 0.15) is 0 Å². The molecule has 3 rings (SSSR count). The molecule has 0 aliphatic rings. The number of phenolic OH excluding ortho intramolecular Hbond substituents is 2. The Morgan fingerprint density at radius 2 is 1.45 bits per heavy atom. The van der Waals surface area contributed by atoms with Crippen LogP contribution in [0.25, 0.3) is 22.8 Å². The monoisotopic (exact) mass is 297 g/mol. The summed E-state index contributed by atoms with van der Waals surface area (Å²) in [5, 5.41) is 33.4. The third-order valence-electron chi connectivity index (χ3n) is 3.27. The Labute approximate surface area is 126 Å². The highest BCUT2D eigenvalue weighted by Gasteiger charge is 2.17. The van der Waals surface area contributed by atoms with E-state index in [0.29, 0.717) is 22.8 Å².